The van der Waals surface area contributed by atoms with Crippen LogP contribution in [0, 0.1) is 0 Å². The fraction of sp³-hybridized carbons (Fsp3) is 0.455. The van der Waals surface area contributed by atoms with Gasteiger partial charge in [0.25, 0.3) is 0 Å². The highest BCUT2D eigenvalue weighted by Crippen LogP contribution is 2.26. The van der Waals surface area contributed by atoms with Crippen LogP contribution in [0.5, 0.6) is 11.5 Å². The van der Waals surface area contributed by atoms with Gasteiger partial charge in [0, 0.05) is 18.2 Å². The van der Waals surface area contributed by atoms with E-state index in [-0.39, 0.29) is 0 Å². The molecule has 0 aliphatic carbocycles. The van der Waals surface area contributed by atoms with Gasteiger partial charge in [0.2, 0.25) is 10.0 Å². The molecule has 0 aliphatic heterocycles. The summed E-state index contributed by atoms with van der Waals surface area (Å²) in [5.41, 5.74) is 0.426. The summed E-state index contributed by atoms with van der Waals surface area (Å²) < 4.78 is 36.0. The number of rotatable bonds is 5. The van der Waals surface area contributed by atoms with E-state index in [1.165, 1.54) is 14.2 Å². The number of sulfonamides is 1. The predicted molar refractivity (Wildman–Crippen MR) is 67.2 cm³/mol. The molecule has 0 amide bonds. The summed E-state index contributed by atoms with van der Waals surface area (Å²) in [6, 6.07) is 4.87. The van der Waals surface area contributed by atoms with Crippen LogP contribution in [0.1, 0.15) is 13.8 Å². The molecule has 1 aromatic rings. The summed E-state index contributed by atoms with van der Waals surface area (Å²) in [6.07, 6.45) is 0. The summed E-state index contributed by atoms with van der Waals surface area (Å²) in [5, 5.41) is -0.500. The van der Waals surface area contributed by atoms with E-state index in [9.17, 15) is 8.42 Å². The molecule has 1 aromatic carbocycles. The highest BCUT2D eigenvalue weighted by atomic mass is 32.2. The Morgan fingerprint density at radius 1 is 1.06 bits per heavy atom. The highest BCUT2D eigenvalue weighted by molar-refractivity contribution is 7.93. The average Bonchev–Trinajstić information content (AvgIpc) is 2.27. The third-order valence-corrected chi connectivity index (χ3v) is 3.99. The predicted octanol–water partition coefficient (Wildman–Crippen LogP) is 1.85. The summed E-state index contributed by atoms with van der Waals surface area (Å²) in [6.45, 7) is 3.22. The molecule has 0 aliphatic rings. The molecule has 96 valence electrons. The van der Waals surface area contributed by atoms with Gasteiger partial charge in [-0.25, -0.2) is 8.42 Å². The Bertz CT molecular complexity index is 460. The standard InChI is InChI=1S/C11H17NO4S/c1-8(2)17(13,14)12-9-5-10(15-3)7-11(6-9)16-4/h5-8,12H,1-4H3. The largest absolute Gasteiger partial charge is 0.497 e. The van der Waals surface area contributed by atoms with Crippen LogP contribution in [0.2, 0.25) is 0 Å². The zero-order valence-corrected chi connectivity index (χ0v) is 11.2. The molecule has 17 heavy (non-hydrogen) atoms. The van der Waals surface area contributed by atoms with Crippen molar-refractivity contribution in [2.75, 3.05) is 18.9 Å². The molecular weight excluding hydrogens is 242 g/mol. The molecule has 0 spiro atoms. The van der Waals surface area contributed by atoms with Crippen molar-refractivity contribution in [3.8, 4) is 11.5 Å². The fourth-order valence-electron chi connectivity index (χ4n) is 1.15. The quantitative estimate of drug-likeness (QED) is 0.876. The second kappa shape index (κ2) is 5.27. The molecular formula is C11H17NO4S. The molecule has 1 rings (SSSR count). The number of hydrogen-bond donors (Lipinski definition) is 1. The van der Waals surface area contributed by atoms with Crippen molar-refractivity contribution < 1.29 is 17.9 Å². The van der Waals surface area contributed by atoms with Gasteiger partial charge in [0.1, 0.15) is 11.5 Å². The lowest BCUT2D eigenvalue weighted by molar-refractivity contribution is 0.395. The van der Waals surface area contributed by atoms with Crippen molar-refractivity contribution in [3.05, 3.63) is 18.2 Å². The van der Waals surface area contributed by atoms with Gasteiger partial charge in [0.15, 0.2) is 0 Å². The second-order valence-electron chi connectivity index (χ2n) is 3.80. The van der Waals surface area contributed by atoms with Crippen LogP contribution in [-0.2, 0) is 10.0 Å². The van der Waals surface area contributed by atoms with Gasteiger partial charge in [0.05, 0.1) is 25.2 Å². The van der Waals surface area contributed by atoms with Crippen LogP contribution in [0.25, 0.3) is 0 Å². The summed E-state index contributed by atoms with van der Waals surface area (Å²) in [4.78, 5) is 0. The van der Waals surface area contributed by atoms with Crippen LogP contribution in [0.15, 0.2) is 18.2 Å². The van der Waals surface area contributed by atoms with Gasteiger partial charge in [-0.05, 0) is 13.8 Å². The second-order valence-corrected chi connectivity index (χ2v) is 6.03. The number of benzene rings is 1. The molecule has 5 nitrogen and oxygen atoms in total. The van der Waals surface area contributed by atoms with Gasteiger partial charge in [-0.1, -0.05) is 0 Å². The molecule has 0 saturated carbocycles. The first kappa shape index (κ1) is 13.6. The van der Waals surface area contributed by atoms with Crippen molar-refractivity contribution in [2.45, 2.75) is 19.1 Å². The molecule has 0 unspecified atom stereocenters. The van der Waals surface area contributed by atoms with E-state index in [4.69, 9.17) is 9.47 Å². The summed E-state index contributed by atoms with van der Waals surface area (Å²) >= 11 is 0. The molecule has 0 fully saturated rings. The number of anilines is 1. The summed E-state index contributed by atoms with van der Waals surface area (Å²) in [5.74, 6) is 1.07. The SMILES string of the molecule is COc1cc(NS(=O)(=O)C(C)C)cc(OC)c1. The molecule has 0 radical (unpaired) electrons. The minimum Gasteiger partial charge on any atom is -0.497 e. The Morgan fingerprint density at radius 2 is 1.53 bits per heavy atom. The normalized spacial score (nSPS) is 11.4. The maximum atomic E-state index is 11.7. The van der Waals surface area contributed by atoms with Gasteiger partial charge in [-0.2, -0.15) is 0 Å². The maximum Gasteiger partial charge on any atom is 0.235 e. The van der Waals surface area contributed by atoms with E-state index in [1.54, 1.807) is 32.0 Å². The Labute approximate surface area is 102 Å². The summed E-state index contributed by atoms with van der Waals surface area (Å²) in [7, 11) is -0.343. The number of methoxy groups -OCH3 is 2. The first-order chi connectivity index (χ1) is 7.89. The monoisotopic (exact) mass is 259 g/mol. The third-order valence-electron chi connectivity index (χ3n) is 2.23. The Kier molecular flexibility index (Phi) is 4.22. The van der Waals surface area contributed by atoms with Gasteiger partial charge in [-0.3, -0.25) is 4.72 Å². The zero-order chi connectivity index (χ0) is 13.1. The molecule has 6 heteroatoms. The van der Waals surface area contributed by atoms with Crippen LogP contribution in [-0.4, -0.2) is 27.9 Å². The van der Waals surface area contributed by atoms with E-state index < -0.39 is 15.3 Å². The van der Waals surface area contributed by atoms with Crippen LogP contribution in [0.4, 0.5) is 5.69 Å². The molecule has 0 saturated heterocycles. The van der Waals surface area contributed by atoms with Gasteiger partial charge >= 0.3 is 0 Å². The van der Waals surface area contributed by atoms with Crippen molar-refractivity contribution in [3.63, 3.8) is 0 Å². The van der Waals surface area contributed by atoms with Crippen LogP contribution < -0.4 is 14.2 Å². The van der Waals surface area contributed by atoms with Crippen molar-refractivity contribution >= 4 is 15.7 Å². The molecule has 0 heterocycles. The average molecular weight is 259 g/mol. The van der Waals surface area contributed by atoms with Crippen LogP contribution in [0.3, 0.4) is 0 Å². The topological polar surface area (TPSA) is 64.6 Å². The van der Waals surface area contributed by atoms with Crippen molar-refractivity contribution in [2.24, 2.45) is 0 Å². The lowest BCUT2D eigenvalue weighted by Gasteiger charge is -2.13. The Hall–Kier alpha value is -1.43. The molecule has 0 atom stereocenters. The van der Waals surface area contributed by atoms with Gasteiger partial charge < -0.3 is 9.47 Å². The number of ether oxygens (including phenoxy) is 2. The van der Waals surface area contributed by atoms with E-state index in [0.717, 1.165) is 0 Å². The number of hydrogen-bond acceptors (Lipinski definition) is 4. The minimum absolute atomic E-state index is 0.426. The van der Waals surface area contributed by atoms with Crippen LogP contribution >= 0.6 is 0 Å². The number of nitrogens with one attached hydrogen (secondary N) is 1. The Balaban J connectivity index is 3.06. The highest BCUT2D eigenvalue weighted by Gasteiger charge is 2.16. The van der Waals surface area contributed by atoms with E-state index in [1.807, 2.05) is 0 Å². The molecule has 1 N–H and O–H groups in total. The Morgan fingerprint density at radius 3 is 1.88 bits per heavy atom. The van der Waals surface area contributed by atoms with Gasteiger partial charge in [-0.15, -0.1) is 0 Å². The van der Waals surface area contributed by atoms with E-state index >= 15 is 0 Å². The fourth-order valence-corrected chi connectivity index (χ4v) is 1.83. The zero-order valence-electron chi connectivity index (χ0n) is 10.4. The smallest absolute Gasteiger partial charge is 0.235 e. The first-order valence-electron chi connectivity index (χ1n) is 5.13. The minimum atomic E-state index is -3.36. The third kappa shape index (κ3) is 3.52. The maximum absolute atomic E-state index is 11.7. The van der Waals surface area contributed by atoms with E-state index in [2.05, 4.69) is 4.72 Å². The first-order valence-corrected chi connectivity index (χ1v) is 6.68. The van der Waals surface area contributed by atoms with Crippen molar-refractivity contribution in [1.82, 2.24) is 0 Å². The lowest BCUT2D eigenvalue weighted by Crippen LogP contribution is -2.22. The lowest BCUT2D eigenvalue weighted by atomic mass is 10.3. The molecule has 0 bridgehead atoms. The van der Waals surface area contributed by atoms with E-state index in [0.29, 0.717) is 17.2 Å². The van der Waals surface area contributed by atoms with Crippen molar-refractivity contribution in [1.29, 1.82) is 0 Å². The molecule has 0 aromatic heterocycles.